The molecule has 0 radical (unpaired) electrons. The maximum absolute atomic E-state index is 14.4. The van der Waals surface area contributed by atoms with E-state index in [0.717, 1.165) is 10.5 Å². The predicted octanol–water partition coefficient (Wildman–Crippen LogP) is 1.95. The van der Waals surface area contributed by atoms with Crippen LogP contribution < -0.4 is 16.6 Å². The Hall–Kier alpha value is -3.11. The zero-order chi connectivity index (χ0) is 22.1. The fourth-order valence-electron chi connectivity index (χ4n) is 3.70. The third-order valence-electron chi connectivity index (χ3n) is 5.35. The minimum Gasteiger partial charge on any atom is -0.354 e. The second-order valence-electron chi connectivity index (χ2n) is 7.26. The number of H-pyrrole nitrogens is 1. The van der Waals surface area contributed by atoms with Crippen molar-refractivity contribution in [2.75, 3.05) is 20.1 Å². The Kier molecular flexibility index (Phi) is 5.84. The van der Waals surface area contributed by atoms with Crippen molar-refractivity contribution in [3.8, 4) is 0 Å². The first-order valence-electron chi connectivity index (χ1n) is 9.97. The van der Waals surface area contributed by atoms with Gasteiger partial charge >= 0.3 is 5.69 Å². The first-order valence-corrected chi connectivity index (χ1v) is 10.8. The first kappa shape index (κ1) is 21.1. The number of hydrogen-bond acceptors (Lipinski definition) is 6. The summed E-state index contributed by atoms with van der Waals surface area (Å²) in [6, 6.07) is 4.96. The van der Waals surface area contributed by atoms with Crippen molar-refractivity contribution in [3.63, 3.8) is 0 Å². The lowest BCUT2D eigenvalue weighted by Crippen LogP contribution is -2.33. The average Bonchev–Trinajstić information content (AvgIpc) is 3.16. The van der Waals surface area contributed by atoms with E-state index in [0.29, 0.717) is 48.4 Å². The van der Waals surface area contributed by atoms with Crippen LogP contribution in [0.15, 0.2) is 33.9 Å². The standard InChI is InChI=1S/C21H22FN5O3S/c1-3-27-20(29)17-16(25-21(27)30)10-13(31-17)11-26-8-6-12(7-9-26)14-4-5-15(19(28)23-2)24-18(14)22/h4-6,10H,3,7-9,11H2,1-2H3,(H,23,28)(H,25,30). The molecule has 3 aromatic rings. The number of carbonyl (C=O) groups excluding carboxylic acids is 1. The maximum Gasteiger partial charge on any atom is 0.328 e. The van der Waals surface area contributed by atoms with E-state index < -0.39 is 17.5 Å². The second kappa shape index (κ2) is 8.56. The number of amides is 1. The summed E-state index contributed by atoms with van der Waals surface area (Å²) in [5.41, 5.74) is 1.22. The molecule has 0 aliphatic carbocycles. The van der Waals surface area contributed by atoms with Gasteiger partial charge in [0.2, 0.25) is 5.95 Å². The number of aromatic nitrogens is 3. The van der Waals surface area contributed by atoms with Crippen molar-refractivity contribution in [1.82, 2.24) is 24.8 Å². The highest BCUT2D eigenvalue weighted by Gasteiger charge is 2.19. The molecule has 2 N–H and O–H groups in total. The molecule has 8 nitrogen and oxygen atoms in total. The summed E-state index contributed by atoms with van der Waals surface area (Å²) in [7, 11) is 1.47. The zero-order valence-corrected chi connectivity index (χ0v) is 18.0. The van der Waals surface area contributed by atoms with Crippen LogP contribution in [0.5, 0.6) is 0 Å². The monoisotopic (exact) mass is 443 g/mol. The van der Waals surface area contributed by atoms with Gasteiger partial charge in [0.05, 0.1) is 5.52 Å². The minimum absolute atomic E-state index is 0.0479. The van der Waals surface area contributed by atoms with Crippen LogP contribution in [0, 0.1) is 5.95 Å². The molecule has 1 aliphatic heterocycles. The number of rotatable bonds is 5. The molecule has 0 saturated heterocycles. The number of hydrogen-bond donors (Lipinski definition) is 2. The van der Waals surface area contributed by atoms with Crippen LogP contribution in [-0.4, -0.2) is 45.5 Å². The Bertz CT molecular complexity index is 1310. The van der Waals surface area contributed by atoms with E-state index in [-0.39, 0.29) is 11.3 Å². The highest BCUT2D eigenvalue weighted by molar-refractivity contribution is 7.18. The predicted molar refractivity (Wildman–Crippen MR) is 118 cm³/mol. The molecule has 3 aromatic heterocycles. The molecule has 0 atom stereocenters. The summed E-state index contributed by atoms with van der Waals surface area (Å²) in [6.45, 7) is 4.06. The number of aromatic amines is 1. The lowest BCUT2D eigenvalue weighted by atomic mass is 10.0. The molecular formula is C21H22FN5O3S. The van der Waals surface area contributed by atoms with Gasteiger partial charge in [0.15, 0.2) is 0 Å². The number of halogens is 1. The van der Waals surface area contributed by atoms with E-state index >= 15 is 0 Å². The molecule has 4 heterocycles. The molecule has 0 unspecified atom stereocenters. The molecule has 0 bridgehead atoms. The van der Waals surface area contributed by atoms with Crippen molar-refractivity contribution in [1.29, 1.82) is 0 Å². The topological polar surface area (TPSA) is 100 Å². The normalized spacial score (nSPS) is 14.6. The summed E-state index contributed by atoms with van der Waals surface area (Å²) in [5.74, 6) is -1.08. The maximum atomic E-state index is 14.4. The highest BCUT2D eigenvalue weighted by Crippen LogP contribution is 2.27. The summed E-state index contributed by atoms with van der Waals surface area (Å²) in [4.78, 5) is 45.8. The van der Waals surface area contributed by atoms with Gasteiger partial charge in [-0.25, -0.2) is 9.78 Å². The van der Waals surface area contributed by atoms with E-state index in [4.69, 9.17) is 0 Å². The average molecular weight is 444 g/mol. The SMILES string of the molecule is CCn1c(=O)[nH]c2cc(CN3CC=C(c4ccc(C(=O)NC)nc4F)CC3)sc2c1=O. The van der Waals surface area contributed by atoms with Gasteiger partial charge in [0, 0.05) is 43.7 Å². The number of nitrogens with one attached hydrogen (secondary N) is 2. The lowest BCUT2D eigenvalue weighted by molar-refractivity contribution is 0.0957. The van der Waals surface area contributed by atoms with Crippen molar-refractivity contribution < 1.29 is 9.18 Å². The lowest BCUT2D eigenvalue weighted by Gasteiger charge is -2.26. The molecule has 162 valence electrons. The van der Waals surface area contributed by atoms with Gasteiger partial charge in [-0.05, 0) is 37.1 Å². The molecule has 4 rings (SSSR count). The number of carbonyl (C=O) groups is 1. The largest absolute Gasteiger partial charge is 0.354 e. The Morgan fingerprint density at radius 1 is 1.35 bits per heavy atom. The molecule has 0 spiro atoms. The zero-order valence-electron chi connectivity index (χ0n) is 17.2. The van der Waals surface area contributed by atoms with E-state index in [1.165, 1.54) is 29.0 Å². The molecular weight excluding hydrogens is 421 g/mol. The Morgan fingerprint density at radius 3 is 2.81 bits per heavy atom. The Labute approximate surface area is 181 Å². The minimum atomic E-state index is -0.651. The van der Waals surface area contributed by atoms with Gasteiger partial charge in [-0.15, -0.1) is 11.3 Å². The molecule has 1 aliphatic rings. The highest BCUT2D eigenvalue weighted by atomic mass is 32.1. The van der Waals surface area contributed by atoms with Crippen LogP contribution in [-0.2, 0) is 13.1 Å². The number of thiophene rings is 1. The van der Waals surface area contributed by atoms with Crippen molar-refractivity contribution in [3.05, 3.63) is 67.2 Å². The molecule has 0 fully saturated rings. The fraction of sp³-hybridized carbons (Fsp3) is 0.333. The smallest absolute Gasteiger partial charge is 0.328 e. The van der Waals surface area contributed by atoms with E-state index in [2.05, 4.69) is 20.2 Å². The van der Waals surface area contributed by atoms with E-state index in [9.17, 15) is 18.8 Å². The quantitative estimate of drug-likeness (QED) is 0.587. The Morgan fingerprint density at radius 2 is 2.16 bits per heavy atom. The van der Waals surface area contributed by atoms with E-state index in [1.54, 1.807) is 13.0 Å². The molecule has 1 amide bonds. The molecule has 10 heteroatoms. The summed E-state index contributed by atoms with van der Waals surface area (Å²) in [5, 5.41) is 2.43. The number of fused-ring (bicyclic) bond motifs is 1. The van der Waals surface area contributed by atoms with Crippen LogP contribution in [0.25, 0.3) is 15.8 Å². The van der Waals surface area contributed by atoms with Gasteiger partial charge in [-0.3, -0.25) is 19.1 Å². The number of nitrogens with zero attached hydrogens (tertiary/aromatic N) is 3. The van der Waals surface area contributed by atoms with Crippen LogP contribution >= 0.6 is 11.3 Å². The number of pyridine rings is 1. The summed E-state index contributed by atoms with van der Waals surface area (Å²) in [6.07, 6.45) is 2.60. The van der Waals surface area contributed by atoms with Crippen LogP contribution in [0.3, 0.4) is 0 Å². The second-order valence-corrected chi connectivity index (χ2v) is 8.40. The third-order valence-corrected chi connectivity index (χ3v) is 6.46. The van der Waals surface area contributed by atoms with Crippen molar-refractivity contribution in [2.24, 2.45) is 0 Å². The summed E-state index contributed by atoms with van der Waals surface area (Å²) >= 11 is 1.39. The molecule has 31 heavy (non-hydrogen) atoms. The van der Waals surface area contributed by atoms with Crippen molar-refractivity contribution >= 4 is 33.0 Å². The first-order chi connectivity index (χ1) is 14.9. The Balaban J connectivity index is 1.50. The van der Waals surface area contributed by atoms with Crippen LogP contribution in [0.2, 0.25) is 0 Å². The van der Waals surface area contributed by atoms with Crippen LogP contribution in [0.1, 0.15) is 34.3 Å². The van der Waals surface area contributed by atoms with Gasteiger partial charge in [0.25, 0.3) is 11.5 Å². The third kappa shape index (κ3) is 4.08. The summed E-state index contributed by atoms with van der Waals surface area (Å²) < 4.78 is 16.2. The molecule has 0 aromatic carbocycles. The van der Waals surface area contributed by atoms with E-state index in [1.807, 2.05) is 12.1 Å². The van der Waals surface area contributed by atoms with Crippen LogP contribution in [0.4, 0.5) is 4.39 Å². The van der Waals surface area contributed by atoms with Gasteiger partial charge in [-0.2, -0.15) is 4.39 Å². The fourth-order valence-corrected chi connectivity index (χ4v) is 4.81. The van der Waals surface area contributed by atoms with Crippen molar-refractivity contribution in [2.45, 2.75) is 26.4 Å². The molecule has 0 saturated carbocycles. The van der Waals surface area contributed by atoms with Gasteiger partial charge < -0.3 is 10.3 Å². The van der Waals surface area contributed by atoms with Gasteiger partial charge in [0.1, 0.15) is 10.4 Å². The van der Waals surface area contributed by atoms with Gasteiger partial charge in [-0.1, -0.05) is 6.08 Å².